The number of benzene rings is 3. The number of ether oxygens (including phenoxy) is 1. The summed E-state index contributed by atoms with van der Waals surface area (Å²) in [7, 11) is -2.79. The zero-order valence-corrected chi connectivity index (χ0v) is 20.9. The largest absolute Gasteiger partial charge is 0.496 e. The van der Waals surface area contributed by atoms with Gasteiger partial charge in [-0.3, -0.25) is 9.10 Å². The number of nitrogens with one attached hydrogen (secondary N) is 1. The van der Waals surface area contributed by atoms with Crippen LogP contribution in [0.25, 0.3) is 0 Å². The molecule has 0 saturated heterocycles. The van der Waals surface area contributed by atoms with Gasteiger partial charge in [-0.15, -0.1) is 0 Å². The summed E-state index contributed by atoms with van der Waals surface area (Å²) in [6.07, 6.45) is -4.17. The normalized spacial score (nSPS) is 12.6. The molecule has 0 fully saturated rings. The number of nitrogens with zero attached hydrogens (tertiary/aromatic N) is 1. The van der Waals surface area contributed by atoms with Gasteiger partial charge in [-0.1, -0.05) is 43.3 Å². The molecule has 0 aliphatic carbocycles. The van der Waals surface area contributed by atoms with Gasteiger partial charge in [0, 0.05) is 0 Å². The lowest BCUT2D eigenvalue weighted by atomic mass is 10.0. The van der Waals surface area contributed by atoms with Gasteiger partial charge in [-0.2, -0.15) is 13.2 Å². The van der Waals surface area contributed by atoms with Crippen molar-refractivity contribution in [1.82, 2.24) is 5.32 Å². The van der Waals surface area contributed by atoms with E-state index in [9.17, 15) is 26.4 Å². The first-order chi connectivity index (χ1) is 17.0. The second-order valence-corrected chi connectivity index (χ2v) is 9.99. The average molecular weight is 521 g/mol. The third kappa shape index (κ3) is 6.17. The van der Waals surface area contributed by atoms with Crippen LogP contribution in [0.3, 0.4) is 0 Å². The van der Waals surface area contributed by atoms with Crippen molar-refractivity contribution in [2.45, 2.75) is 37.4 Å². The monoisotopic (exact) mass is 520 g/mol. The number of amides is 1. The molecule has 0 aliphatic heterocycles. The highest BCUT2D eigenvalue weighted by Crippen LogP contribution is 2.33. The Balaban J connectivity index is 1.95. The average Bonchev–Trinajstić information content (AvgIpc) is 2.85. The van der Waals surface area contributed by atoms with Crippen LogP contribution in [0.4, 0.5) is 18.9 Å². The third-order valence-electron chi connectivity index (χ3n) is 5.64. The first kappa shape index (κ1) is 27.1. The molecular formula is C26H27F3N2O4S. The van der Waals surface area contributed by atoms with Crippen molar-refractivity contribution in [1.29, 1.82) is 0 Å². The molecule has 3 aromatic rings. The predicted octanol–water partition coefficient (Wildman–Crippen LogP) is 5.49. The molecule has 6 nitrogen and oxygen atoms in total. The van der Waals surface area contributed by atoms with Gasteiger partial charge in [-0.25, -0.2) is 8.42 Å². The minimum Gasteiger partial charge on any atom is -0.496 e. The molecule has 0 bridgehead atoms. The summed E-state index contributed by atoms with van der Waals surface area (Å²) in [5.74, 6) is 0.0249. The Hall–Kier alpha value is -3.53. The summed E-state index contributed by atoms with van der Waals surface area (Å²) in [4.78, 5) is 12.9. The smallest absolute Gasteiger partial charge is 0.416 e. The van der Waals surface area contributed by atoms with Crippen molar-refractivity contribution in [3.63, 3.8) is 0 Å². The van der Waals surface area contributed by atoms with E-state index < -0.39 is 40.3 Å². The summed E-state index contributed by atoms with van der Waals surface area (Å²) < 4.78 is 72.9. The van der Waals surface area contributed by atoms with Crippen LogP contribution in [0.2, 0.25) is 0 Å². The molecule has 0 unspecified atom stereocenters. The van der Waals surface area contributed by atoms with Crippen molar-refractivity contribution < 1.29 is 31.1 Å². The fourth-order valence-electron chi connectivity index (χ4n) is 3.78. The summed E-state index contributed by atoms with van der Waals surface area (Å²) in [6, 6.07) is 16.1. The predicted molar refractivity (Wildman–Crippen MR) is 131 cm³/mol. The van der Waals surface area contributed by atoms with Crippen LogP contribution in [0.15, 0.2) is 77.7 Å². The van der Waals surface area contributed by atoms with E-state index >= 15 is 0 Å². The maximum atomic E-state index is 13.4. The Labute approximate surface area is 208 Å². The number of anilines is 1. The van der Waals surface area contributed by atoms with Crippen molar-refractivity contribution in [2.24, 2.45) is 0 Å². The fraction of sp³-hybridized carbons (Fsp3) is 0.269. The number of rotatable bonds is 9. The second-order valence-electron chi connectivity index (χ2n) is 8.13. The number of hydrogen-bond acceptors (Lipinski definition) is 4. The van der Waals surface area contributed by atoms with Crippen LogP contribution in [0, 0.1) is 6.92 Å². The van der Waals surface area contributed by atoms with E-state index in [2.05, 4.69) is 5.32 Å². The van der Waals surface area contributed by atoms with Crippen LogP contribution in [0.5, 0.6) is 5.75 Å². The lowest BCUT2D eigenvalue weighted by Crippen LogP contribution is -2.42. The summed E-state index contributed by atoms with van der Waals surface area (Å²) in [5.41, 5.74) is 0.367. The van der Waals surface area contributed by atoms with Crippen molar-refractivity contribution >= 4 is 21.6 Å². The molecule has 192 valence electrons. The molecule has 1 amide bonds. The lowest BCUT2D eigenvalue weighted by Gasteiger charge is -2.26. The van der Waals surface area contributed by atoms with Crippen LogP contribution in [-0.4, -0.2) is 28.0 Å². The molecule has 0 heterocycles. The Morgan fingerprint density at radius 3 is 2.31 bits per heavy atom. The molecule has 0 spiro atoms. The fourth-order valence-corrected chi connectivity index (χ4v) is 5.22. The van der Waals surface area contributed by atoms with Crippen molar-refractivity contribution in [2.75, 3.05) is 18.0 Å². The quantitative estimate of drug-likeness (QED) is 0.405. The SMILES string of the molecule is CC[C@H](NC(=O)CN(c1cccc(C(F)(F)F)c1)S(=O)(=O)c1ccccc1)c1ccc(OC)c(C)c1. The standard InChI is InChI=1S/C26H27F3N2O4S/c1-4-23(19-13-14-24(35-3)18(2)15-19)30-25(32)17-31(36(33,34)22-11-6-5-7-12-22)21-10-8-9-20(16-21)26(27,28)29/h5-16,23H,4,17H2,1-3H3,(H,30,32)/t23-/m0/s1. The molecular weight excluding hydrogens is 493 g/mol. The Kier molecular flexibility index (Phi) is 8.29. The van der Waals surface area contributed by atoms with E-state index in [-0.39, 0.29) is 10.6 Å². The van der Waals surface area contributed by atoms with Crippen molar-refractivity contribution in [3.05, 3.63) is 89.5 Å². The molecule has 1 atom stereocenters. The molecule has 0 radical (unpaired) electrons. The van der Waals surface area contributed by atoms with E-state index in [0.717, 1.165) is 29.3 Å². The Morgan fingerprint density at radius 1 is 1.03 bits per heavy atom. The molecule has 10 heteroatoms. The van der Waals surface area contributed by atoms with E-state index in [1.165, 1.54) is 30.3 Å². The molecule has 0 aliphatic rings. The molecule has 0 saturated carbocycles. The maximum Gasteiger partial charge on any atom is 0.416 e. The van der Waals surface area contributed by atoms with Crippen LogP contribution < -0.4 is 14.4 Å². The van der Waals surface area contributed by atoms with Crippen molar-refractivity contribution in [3.8, 4) is 5.75 Å². The molecule has 0 aromatic heterocycles. The van der Waals surface area contributed by atoms with Gasteiger partial charge < -0.3 is 10.1 Å². The third-order valence-corrected chi connectivity index (χ3v) is 7.43. The number of carbonyl (C=O) groups is 1. The zero-order chi connectivity index (χ0) is 26.5. The first-order valence-corrected chi connectivity index (χ1v) is 12.6. The van der Waals surface area contributed by atoms with E-state index in [4.69, 9.17) is 4.74 Å². The second kappa shape index (κ2) is 11.0. The number of methoxy groups -OCH3 is 1. The van der Waals surface area contributed by atoms with Gasteiger partial charge >= 0.3 is 6.18 Å². The van der Waals surface area contributed by atoms with E-state index in [0.29, 0.717) is 16.5 Å². The van der Waals surface area contributed by atoms with Gasteiger partial charge in [0.2, 0.25) is 5.91 Å². The molecule has 3 rings (SSSR count). The highest BCUT2D eigenvalue weighted by molar-refractivity contribution is 7.92. The number of carbonyl (C=O) groups excluding carboxylic acids is 1. The Bertz CT molecular complexity index is 1310. The summed E-state index contributed by atoms with van der Waals surface area (Å²) >= 11 is 0. The number of halogens is 3. The molecule has 36 heavy (non-hydrogen) atoms. The number of hydrogen-bond donors (Lipinski definition) is 1. The minimum absolute atomic E-state index is 0.145. The van der Waals surface area contributed by atoms with E-state index in [1.807, 2.05) is 19.9 Å². The van der Waals surface area contributed by atoms with Gasteiger partial charge in [0.05, 0.1) is 29.3 Å². The number of sulfonamides is 1. The van der Waals surface area contributed by atoms with Gasteiger partial charge in [0.1, 0.15) is 12.3 Å². The van der Waals surface area contributed by atoms with E-state index in [1.54, 1.807) is 25.3 Å². The number of aryl methyl sites for hydroxylation is 1. The Morgan fingerprint density at radius 2 is 1.72 bits per heavy atom. The topological polar surface area (TPSA) is 75.7 Å². The lowest BCUT2D eigenvalue weighted by molar-refractivity contribution is -0.137. The zero-order valence-electron chi connectivity index (χ0n) is 20.0. The first-order valence-electron chi connectivity index (χ1n) is 11.2. The van der Waals surface area contributed by atoms with Gasteiger partial charge in [-0.05, 0) is 60.9 Å². The maximum absolute atomic E-state index is 13.4. The molecule has 1 N–H and O–H groups in total. The van der Waals surface area contributed by atoms with Crippen LogP contribution in [-0.2, 0) is 21.0 Å². The van der Waals surface area contributed by atoms with Crippen LogP contribution >= 0.6 is 0 Å². The van der Waals surface area contributed by atoms with Gasteiger partial charge in [0.15, 0.2) is 0 Å². The highest BCUT2D eigenvalue weighted by atomic mass is 32.2. The minimum atomic E-state index is -4.68. The van der Waals surface area contributed by atoms with Crippen LogP contribution in [0.1, 0.15) is 36.1 Å². The highest BCUT2D eigenvalue weighted by Gasteiger charge is 2.33. The molecule has 3 aromatic carbocycles. The van der Waals surface area contributed by atoms with Gasteiger partial charge in [0.25, 0.3) is 10.0 Å². The summed E-state index contributed by atoms with van der Waals surface area (Å²) in [5, 5.41) is 2.81. The number of alkyl halides is 3. The summed E-state index contributed by atoms with van der Waals surface area (Å²) in [6.45, 7) is 3.01.